The molecule has 2 saturated heterocycles. The highest BCUT2D eigenvalue weighted by atomic mass is 32.2. The van der Waals surface area contributed by atoms with Crippen molar-refractivity contribution in [2.45, 2.75) is 24.2 Å². The number of hydrogen-bond acceptors (Lipinski definition) is 4. The van der Waals surface area contributed by atoms with Crippen LogP contribution in [0.2, 0.25) is 0 Å². The number of aliphatic carboxylic acids is 1. The topological polar surface area (TPSA) is 66.8 Å². The van der Waals surface area contributed by atoms with E-state index in [2.05, 4.69) is 0 Å². The first-order valence-electron chi connectivity index (χ1n) is 5.43. The van der Waals surface area contributed by atoms with Gasteiger partial charge in [0, 0.05) is 6.54 Å². The molecule has 2 aliphatic rings. The van der Waals surface area contributed by atoms with E-state index in [0.717, 1.165) is 18.6 Å². The van der Waals surface area contributed by atoms with Crippen LogP contribution in [0.5, 0.6) is 0 Å². The predicted octanol–water partition coefficient (Wildman–Crippen LogP) is 0.194. The summed E-state index contributed by atoms with van der Waals surface area (Å²) in [6, 6.07) is 0. The van der Waals surface area contributed by atoms with Gasteiger partial charge in [-0.15, -0.1) is 11.8 Å². The molecule has 0 aromatic carbocycles. The van der Waals surface area contributed by atoms with E-state index in [4.69, 9.17) is 9.84 Å². The number of carbonyl (C=O) groups is 2. The van der Waals surface area contributed by atoms with Gasteiger partial charge in [-0.1, -0.05) is 0 Å². The van der Waals surface area contributed by atoms with Crippen molar-refractivity contribution in [2.75, 3.05) is 25.4 Å². The van der Waals surface area contributed by atoms with Gasteiger partial charge in [0.2, 0.25) is 5.91 Å². The second-order valence-electron chi connectivity index (χ2n) is 3.98. The molecule has 0 saturated carbocycles. The number of carboxylic acids is 1. The largest absolute Gasteiger partial charge is 0.479 e. The normalized spacial score (nSPS) is 30.4. The van der Waals surface area contributed by atoms with Gasteiger partial charge in [-0.05, 0) is 18.6 Å². The molecule has 0 bridgehead atoms. The number of hydrogen-bond donors (Lipinski definition) is 1. The Morgan fingerprint density at radius 1 is 1.44 bits per heavy atom. The van der Waals surface area contributed by atoms with E-state index in [1.165, 1.54) is 0 Å². The van der Waals surface area contributed by atoms with E-state index >= 15 is 0 Å². The van der Waals surface area contributed by atoms with Crippen molar-refractivity contribution in [2.24, 2.45) is 0 Å². The Morgan fingerprint density at radius 2 is 2.25 bits per heavy atom. The number of morpholine rings is 1. The molecule has 2 heterocycles. The summed E-state index contributed by atoms with van der Waals surface area (Å²) in [4.78, 5) is 24.4. The fourth-order valence-electron chi connectivity index (χ4n) is 1.97. The highest BCUT2D eigenvalue weighted by Crippen LogP contribution is 2.28. The zero-order valence-corrected chi connectivity index (χ0v) is 9.74. The maximum absolute atomic E-state index is 12.0. The van der Waals surface area contributed by atoms with Gasteiger partial charge in [-0.3, -0.25) is 4.79 Å². The fourth-order valence-corrected chi connectivity index (χ4v) is 3.22. The Bertz CT molecular complexity index is 291. The lowest BCUT2D eigenvalue weighted by Gasteiger charge is -2.32. The monoisotopic (exact) mass is 245 g/mol. The number of thioether (sulfide) groups is 1. The van der Waals surface area contributed by atoms with Crippen LogP contribution < -0.4 is 0 Å². The number of rotatable bonds is 2. The Hall–Kier alpha value is -0.750. The molecule has 0 spiro atoms. The van der Waals surface area contributed by atoms with E-state index in [9.17, 15) is 9.59 Å². The number of nitrogens with zero attached hydrogens (tertiary/aromatic N) is 1. The van der Waals surface area contributed by atoms with E-state index in [1.54, 1.807) is 16.7 Å². The second kappa shape index (κ2) is 5.05. The van der Waals surface area contributed by atoms with Gasteiger partial charge in [-0.25, -0.2) is 4.79 Å². The summed E-state index contributed by atoms with van der Waals surface area (Å²) in [6.07, 6.45) is 1.14. The first kappa shape index (κ1) is 11.7. The summed E-state index contributed by atoms with van der Waals surface area (Å²) >= 11 is 1.67. The van der Waals surface area contributed by atoms with E-state index < -0.39 is 12.1 Å². The summed E-state index contributed by atoms with van der Waals surface area (Å²) in [5.74, 6) is 0.122. The van der Waals surface area contributed by atoms with Gasteiger partial charge < -0.3 is 14.7 Å². The highest BCUT2D eigenvalue weighted by molar-refractivity contribution is 8.00. The third-order valence-electron chi connectivity index (χ3n) is 2.86. The fraction of sp³-hybridized carbons (Fsp3) is 0.800. The highest BCUT2D eigenvalue weighted by Gasteiger charge is 2.33. The Kier molecular flexibility index (Phi) is 3.70. The summed E-state index contributed by atoms with van der Waals surface area (Å²) < 4.78 is 5.08. The minimum absolute atomic E-state index is 0.0348. The van der Waals surface area contributed by atoms with Crippen molar-refractivity contribution in [3.63, 3.8) is 0 Å². The number of carbonyl (C=O) groups excluding carboxylic acids is 1. The molecule has 6 heteroatoms. The summed E-state index contributed by atoms with van der Waals surface area (Å²) in [6.45, 7) is 1.02. The molecule has 1 amide bonds. The first-order valence-corrected chi connectivity index (χ1v) is 6.48. The van der Waals surface area contributed by atoms with E-state index in [1.807, 2.05) is 0 Å². The SMILES string of the molecule is O=C(O)C1CN(C(=O)C2CCCS2)CCO1. The van der Waals surface area contributed by atoms with Crippen LogP contribution in [0.3, 0.4) is 0 Å². The van der Waals surface area contributed by atoms with Gasteiger partial charge >= 0.3 is 5.97 Å². The zero-order chi connectivity index (χ0) is 11.5. The van der Waals surface area contributed by atoms with Crippen LogP contribution in [0.4, 0.5) is 0 Å². The van der Waals surface area contributed by atoms with Crippen LogP contribution in [-0.4, -0.2) is 58.7 Å². The molecule has 1 N–H and O–H groups in total. The maximum Gasteiger partial charge on any atom is 0.334 e. The van der Waals surface area contributed by atoms with Crippen molar-refractivity contribution >= 4 is 23.6 Å². The quantitative estimate of drug-likeness (QED) is 0.752. The van der Waals surface area contributed by atoms with Crippen LogP contribution in [0.1, 0.15) is 12.8 Å². The van der Waals surface area contributed by atoms with Crippen LogP contribution in [0.15, 0.2) is 0 Å². The summed E-state index contributed by atoms with van der Waals surface area (Å²) in [5.41, 5.74) is 0. The molecule has 0 aromatic heterocycles. The standard InChI is InChI=1S/C10H15NO4S/c12-9(8-2-1-5-16-8)11-3-4-15-7(6-11)10(13)14/h7-8H,1-6H2,(H,13,14). The molecule has 2 unspecified atom stereocenters. The van der Waals surface area contributed by atoms with Crippen LogP contribution in [0.25, 0.3) is 0 Å². The average molecular weight is 245 g/mol. The van der Waals surface area contributed by atoms with Crippen molar-refractivity contribution in [3.05, 3.63) is 0 Å². The first-order chi connectivity index (χ1) is 7.68. The van der Waals surface area contributed by atoms with Gasteiger partial charge in [0.05, 0.1) is 18.4 Å². The van der Waals surface area contributed by atoms with Crippen LogP contribution in [0, 0.1) is 0 Å². The van der Waals surface area contributed by atoms with Crippen molar-refractivity contribution < 1.29 is 19.4 Å². The lowest BCUT2D eigenvalue weighted by Crippen LogP contribution is -2.50. The molecule has 2 aliphatic heterocycles. The second-order valence-corrected chi connectivity index (χ2v) is 5.29. The van der Waals surface area contributed by atoms with Crippen molar-refractivity contribution in [3.8, 4) is 0 Å². The molecule has 2 fully saturated rings. The third kappa shape index (κ3) is 2.49. The minimum atomic E-state index is -0.989. The molecular weight excluding hydrogens is 230 g/mol. The number of ether oxygens (including phenoxy) is 1. The van der Waals surface area contributed by atoms with Gasteiger partial charge in [0.15, 0.2) is 6.10 Å². The lowest BCUT2D eigenvalue weighted by molar-refractivity contribution is -0.159. The Balaban J connectivity index is 1.93. The zero-order valence-electron chi connectivity index (χ0n) is 8.92. The third-order valence-corrected chi connectivity index (χ3v) is 4.22. The predicted molar refractivity (Wildman–Crippen MR) is 59.4 cm³/mol. The van der Waals surface area contributed by atoms with Crippen LogP contribution in [-0.2, 0) is 14.3 Å². The van der Waals surface area contributed by atoms with Gasteiger partial charge in [-0.2, -0.15) is 0 Å². The lowest BCUT2D eigenvalue weighted by atomic mass is 10.2. The molecule has 90 valence electrons. The number of amides is 1. The molecule has 0 aromatic rings. The Labute approximate surface area is 98.1 Å². The molecule has 16 heavy (non-hydrogen) atoms. The molecule has 0 aliphatic carbocycles. The Morgan fingerprint density at radius 3 is 2.88 bits per heavy atom. The van der Waals surface area contributed by atoms with E-state index in [-0.39, 0.29) is 17.7 Å². The van der Waals surface area contributed by atoms with Crippen LogP contribution >= 0.6 is 11.8 Å². The molecular formula is C10H15NO4S. The van der Waals surface area contributed by atoms with E-state index in [0.29, 0.717) is 13.2 Å². The van der Waals surface area contributed by atoms with Crippen molar-refractivity contribution in [1.82, 2.24) is 4.90 Å². The summed E-state index contributed by atoms with van der Waals surface area (Å²) in [5, 5.41) is 8.87. The van der Waals surface area contributed by atoms with Crippen molar-refractivity contribution in [1.29, 1.82) is 0 Å². The summed E-state index contributed by atoms with van der Waals surface area (Å²) in [7, 11) is 0. The molecule has 2 rings (SSSR count). The van der Waals surface area contributed by atoms with Gasteiger partial charge in [0.1, 0.15) is 0 Å². The van der Waals surface area contributed by atoms with Gasteiger partial charge in [0.25, 0.3) is 0 Å². The average Bonchev–Trinajstić information content (AvgIpc) is 2.81. The molecule has 0 radical (unpaired) electrons. The molecule has 2 atom stereocenters. The minimum Gasteiger partial charge on any atom is -0.479 e. The smallest absolute Gasteiger partial charge is 0.334 e. The molecule has 5 nitrogen and oxygen atoms in total. The number of carboxylic acid groups (broad SMARTS) is 1. The maximum atomic E-state index is 12.0.